The van der Waals surface area contributed by atoms with Crippen LogP contribution < -0.4 is 5.32 Å². The molecule has 4 heteroatoms. The molecule has 0 aliphatic heterocycles. The summed E-state index contributed by atoms with van der Waals surface area (Å²) in [5.74, 6) is -0.0623. The first-order valence-electron chi connectivity index (χ1n) is 6.90. The molecule has 0 saturated carbocycles. The highest BCUT2D eigenvalue weighted by atomic mass is 32.2. The van der Waals surface area contributed by atoms with Gasteiger partial charge in [0.05, 0.1) is 15.7 Å². The summed E-state index contributed by atoms with van der Waals surface area (Å²) in [6.07, 6.45) is 0. The van der Waals surface area contributed by atoms with Crippen molar-refractivity contribution in [1.82, 2.24) is 5.32 Å². The van der Waals surface area contributed by atoms with Crippen LogP contribution in [0.15, 0.2) is 47.4 Å². The third-order valence-electron chi connectivity index (χ3n) is 3.55. The Morgan fingerprint density at radius 3 is 2.52 bits per heavy atom. The van der Waals surface area contributed by atoms with Crippen LogP contribution in [0, 0.1) is 19.7 Å². The van der Waals surface area contributed by atoms with Crippen molar-refractivity contribution in [3.8, 4) is 0 Å². The van der Waals surface area contributed by atoms with Crippen molar-refractivity contribution >= 4 is 10.8 Å². The first kappa shape index (κ1) is 15.9. The highest BCUT2D eigenvalue weighted by molar-refractivity contribution is 7.85. The van der Waals surface area contributed by atoms with Gasteiger partial charge in [0.2, 0.25) is 0 Å². The summed E-state index contributed by atoms with van der Waals surface area (Å²) in [6, 6.07) is 12.4. The number of hydrogen-bond acceptors (Lipinski definition) is 2. The molecule has 0 aliphatic rings. The predicted octanol–water partition coefficient (Wildman–Crippen LogP) is 3.51. The van der Waals surface area contributed by atoms with Crippen LogP contribution in [0.5, 0.6) is 0 Å². The third-order valence-corrected chi connectivity index (χ3v) is 5.01. The normalized spacial score (nSPS) is 13.9. The monoisotopic (exact) mass is 305 g/mol. The van der Waals surface area contributed by atoms with Crippen LogP contribution in [0.2, 0.25) is 0 Å². The van der Waals surface area contributed by atoms with E-state index in [9.17, 15) is 8.60 Å². The summed E-state index contributed by atoms with van der Waals surface area (Å²) >= 11 is 0. The van der Waals surface area contributed by atoms with Crippen molar-refractivity contribution in [2.45, 2.75) is 24.8 Å². The first-order valence-corrected chi connectivity index (χ1v) is 8.22. The molecule has 21 heavy (non-hydrogen) atoms. The van der Waals surface area contributed by atoms with Gasteiger partial charge in [-0.1, -0.05) is 35.9 Å². The quantitative estimate of drug-likeness (QED) is 0.916. The van der Waals surface area contributed by atoms with Gasteiger partial charge in [0.15, 0.2) is 0 Å². The SMILES string of the molecule is CNC(CS(=O)c1ccccc1F)c1ccc(C)cc1C. The molecule has 2 rings (SSSR count). The van der Waals surface area contributed by atoms with Crippen LogP contribution >= 0.6 is 0 Å². The lowest BCUT2D eigenvalue weighted by Crippen LogP contribution is -2.24. The van der Waals surface area contributed by atoms with Crippen LogP contribution in [0.25, 0.3) is 0 Å². The van der Waals surface area contributed by atoms with Gasteiger partial charge in [0.25, 0.3) is 0 Å². The van der Waals surface area contributed by atoms with Crippen LogP contribution in [0.1, 0.15) is 22.7 Å². The Hall–Kier alpha value is -1.52. The molecule has 0 spiro atoms. The standard InChI is InChI=1S/C17H20FNOS/c1-12-8-9-14(13(2)10-12)16(19-3)11-21(20)17-7-5-4-6-15(17)18/h4-10,16,19H,11H2,1-3H3. The van der Waals surface area contributed by atoms with Crippen molar-refractivity contribution in [1.29, 1.82) is 0 Å². The highest BCUT2D eigenvalue weighted by Gasteiger charge is 2.18. The Bertz CT molecular complexity index is 657. The number of rotatable bonds is 5. The minimum Gasteiger partial charge on any atom is -0.312 e. The highest BCUT2D eigenvalue weighted by Crippen LogP contribution is 2.22. The second-order valence-corrected chi connectivity index (χ2v) is 6.61. The van der Waals surface area contributed by atoms with Gasteiger partial charge < -0.3 is 5.32 Å². The predicted molar refractivity (Wildman–Crippen MR) is 85.4 cm³/mol. The van der Waals surface area contributed by atoms with E-state index >= 15 is 0 Å². The average Bonchev–Trinajstić information content (AvgIpc) is 2.45. The molecule has 2 unspecified atom stereocenters. The van der Waals surface area contributed by atoms with Gasteiger partial charge in [-0.05, 0) is 44.2 Å². The second kappa shape index (κ2) is 6.96. The summed E-state index contributed by atoms with van der Waals surface area (Å²) in [5.41, 5.74) is 3.45. The van der Waals surface area contributed by atoms with Crippen LogP contribution in [0.4, 0.5) is 4.39 Å². The lowest BCUT2D eigenvalue weighted by Gasteiger charge is -2.19. The molecule has 0 fully saturated rings. The Morgan fingerprint density at radius 1 is 1.19 bits per heavy atom. The number of nitrogens with one attached hydrogen (secondary N) is 1. The maximum Gasteiger partial charge on any atom is 0.139 e. The van der Waals surface area contributed by atoms with Crippen molar-refractivity contribution < 1.29 is 8.60 Å². The minimum atomic E-state index is -1.38. The maximum atomic E-state index is 13.7. The molecule has 0 radical (unpaired) electrons. The number of hydrogen-bond donors (Lipinski definition) is 1. The molecule has 2 aromatic carbocycles. The second-order valence-electron chi connectivity index (χ2n) is 5.14. The van der Waals surface area contributed by atoms with Crippen LogP contribution in [0.3, 0.4) is 0 Å². The molecule has 0 amide bonds. The summed E-state index contributed by atoms with van der Waals surface area (Å²) in [5, 5.41) is 3.18. The van der Waals surface area contributed by atoms with Crippen molar-refractivity contribution in [3.05, 3.63) is 65.0 Å². The summed E-state index contributed by atoms with van der Waals surface area (Å²) in [6.45, 7) is 4.08. The molecule has 2 atom stereocenters. The lowest BCUT2D eigenvalue weighted by atomic mass is 10.0. The van der Waals surface area contributed by atoms with Gasteiger partial charge in [0.1, 0.15) is 5.82 Å². The first-order chi connectivity index (χ1) is 10.0. The number of benzene rings is 2. The zero-order valence-corrected chi connectivity index (χ0v) is 13.3. The molecule has 0 saturated heterocycles. The Labute approximate surface area is 127 Å². The molecule has 1 N–H and O–H groups in total. The Balaban J connectivity index is 2.23. The van der Waals surface area contributed by atoms with Crippen LogP contribution in [-0.4, -0.2) is 17.0 Å². The van der Waals surface area contributed by atoms with E-state index in [1.165, 1.54) is 11.6 Å². The van der Waals surface area contributed by atoms with Crippen molar-refractivity contribution in [2.75, 3.05) is 12.8 Å². The summed E-state index contributed by atoms with van der Waals surface area (Å²) < 4.78 is 26.1. The molecule has 0 bridgehead atoms. The van der Waals surface area contributed by atoms with E-state index < -0.39 is 16.6 Å². The van der Waals surface area contributed by atoms with Crippen molar-refractivity contribution in [3.63, 3.8) is 0 Å². The van der Waals surface area contributed by atoms with Crippen LogP contribution in [-0.2, 0) is 10.8 Å². The maximum absolute atomic E-state index is 13.7. The minimum absolute atomic E-state index is 0.0639. The molecule has 2 nitrogen and oxygen atoms in total. The topological polar surface area (TPSA) is 29.1 Å². The smallest absolute Gasteiger partial charge is 0.139 e. The van der Waals surface area contributed by atoms with E-state index in [2.05, 4.69) is 11.4 Å². The van der Waals surface area contributed by atoms with Gasteiger partial charge >= 0.3 is 0 Å². The largest absolute Gasteiger partial charge is 0.312 e. The number of aryl methyl sites for hydroxylation is 2. The van der Waals surface area contributed by atoms with Gasteiger partial charge in [-0.3, -0.25) is 4.21 Å². The fourth-order valence-electron chi connectivity index (χ4n) is 2.42. The molecular weight excluding hydrogens is 285 g/mol. The summed E-state index contributed by atoms with van der Waals surface area (Å²) in [4.78, 5) is 0.266. The molecule has 0 heterocycles. The fraction of sp³-hybridized carbons (Fsp3) is 0.294. The summed E-state index contributed by atoms with van der Waals surface area (Å²) in [7, 11) is 0.459. The van der Waals surface area contributed by atoms with Gasteiger partial charge in [-0.15, -0.1) is 0 Å². The lowest BCUT2D eigenvalue weighted by molar-refractivity contribution is 0.590. The molecular formula is C17H20FNOS. The van der Waals surface area contributed by atoms with Crippen molar-refractivity contribution in [2.24, 2.45) is 0 Å². The Kier molecular flexibility index (Phi) is 5.26. The van der Waals surface area contributed by atoms with E-state index in [1.54, 1.807) is 18.2 Å². The van der Waals surface area contributed by atoms with E-state index in [0.29, 0.717) is 5.75 Å². The number of halogens is 1. The van der Waals surface area contributed by atoms with E-state index in [4.69, 9.17) is 0 Å². The zero-order valence-electron chi connectivity index (χ0n) is 12.5. The van der Waals surface area contributed by atoms with E-state index in [0.717, 1.165) is 11.1 Å². The fourth-order valence-corrected chi connectivity index (χ4v) is 3.76. The van der Waals surface area contributed by atoms with Gasteiger partial charge in [-0.2, -0.15) is 0 Å². The van der Waals surface area contributed by atoms with E-state index in [1.807, 2.05) is 33.0 Å². The molecule has 2 aromatic rings. The molecule has 0 aliphatic carbocycles. The van der Waals surface area contributed by atoms with Gasteiger partial charge in [-0.25, -0.2) is 4.39 Å². The Morgan fingerprint density at radius 2 is 1.90 bits per heavy atom. The average molecular weight is 305 g/mol. The third kappa shape index (κ3) is 3.77. The zero-order chi connectivity index (χ0) is 15.4. The molecule has 112 valence electrons. The molecule has 0 aromatic heterocycles. The van der Waals surface area contributed by atoms with E-state index in [-0.39, 0.29) is 10.9 Å². The van der Waals surface area contributed by atoms with Gasteiger partial charge in [0, 0.05) is 11.8 Å².